The first-order chi connectivity index (χ1) is 15.2. The lowest BCUT2D eigenvalue weighted by molar-refractivity contribution is -0.359. The standard InChI is InChI=1S/C20H25ClF10O2/c21-9-5-12(23)17(13(24)6-9)8-3-14(25)18(15(26)4-8)19(27,28)32-10-1-2-16(11(22)7-10)33-20(29,30)31/h8-18H,1-7H2/t8?,9?,10?,11-,12?,13?,14?,15?,16?,17?,18?/m1/s1. The largest absolute Gasteiger partial charge is 0.522 e. The molecule has 0 amide bonds. The highest BCUT2D eigenvalue weighted by Crippen LogP contribution is 2.49. The Morgan fingerprint density at radius 2 is 1.18 bits per heavy atom. The summed E-state index contributed by atoms with van der Waals surface area (Å²) in [6, 6.07) is 0. The molecule has 0 N–H and O–H groups in total. The van der Waals surface area contributed by atoms with Crippen LogP contribution in [0.25, 0.3) is 0 Å². The predicted molar refractivity (Wildman–Crippen MR) is 97.7 cm³/mol. The van der Waals surface area contributed by atoms with Crippen molar-refractivity contribution in [2.24, 2.45) is 17.8 Å². The summed E-state index contributed by atoms with van der Waals surface area (Å²) in [5.41, 5.74) is 0. The Hall–Kier alpha value is -0.490. The smallest absolute Gasteiger partial charge is 0.317 e. The van der Waals surface area contributed by atoms with Gasteiger partial charge >= 0.3 is 12.5 Å². The van der Waals surface area contributed by atoms with Crippen molar-refractivity contribution in [3.63, 3.8) is 0 Å². The molecule has 0 aromatic heterocycles. The molecule has 0 spiro atoms. The zero-order valence-corrected chi connectivity index (χ0v) is 18.0. The predicted octanol–water partition coefficient (Wildman–Crippen LogP) is 6.79. The van der Waals surface area contributed by atoms with E-state index in [0.717, 1.165) is 0 Å². The fraction of sp³-hybridized carbons (Fsp3) is 1.00. The van der Waals surface area contributed by atoms with E-state index in [2.05, 4.69) is 9.47 Å². The van der Waals surface area contributed by atoms with Crippen molar-refractivity contribution in [1.29, 1.82) is 0 Å². The lowest BCUT2D eigenvalue weighted by Gasteiger charge is -2.44. The maximum Gasteiger partial charge on any atom is 0.522 e. The molecule has 0 aromatic rings. The molecule has 194 valence electrons. The van der Waals surface area contributed by atoms with Gasteiger partial charge in [-0.25, -0.2) is 22.0 Å². The van der Waals surface area contributed by atoms with Crippen LogP contribution >= 0.6 is 11.6 Å². The monoisotopic (exact) mass is 522 g/mol. The number of halogens is 11. The van der Waals surface area contributed by atoms with E-state index in [1.54, 1.807) is 0 Å². The van der Waals surface area contributed by atoms with Crippen LogP contribution in [0.5, 0.6) is 0 Å². The van der Waals surface area contributed by atoms with Crippen LogP contribution in [0.1, 0.15) is 44.9 Å². The van der Waals surface area contributed by atoms with E-state index in [1.165, 1.54) is 0 Å². The Morgan fingerprint density at radius 3 is 1.67 bits per heavy atom. The van der Waals surface area contributed by atoms with Gasteiger partial charge in [0.15, 0.2) is 0 Å². The minimum absolute atomic E-state index is 0.204. The number of hydrogen-bond donors (Lipinski definition) is 0. The zero-order chi connectivity index (χ0) is 24.7. The third-order valence-corrected chi connectivity index (χ3v) is 7.19. The first kappa shape index (κ1) is 27.1. The van der Waals surface area contributed by atoms with E-state index in [4.69, 9.17) is 11.6 Å². The second-order valence-electron chi connectivity index (χ2n) is 9.20. The van der Waals surface area contributed by atoms with Gasteiger partial charge in [0.05, 0.1) is 12.2 Å². The number of hydrogen-bond acceptors (Lipinski definition) is 2. The molecule has 0 aromatic carbocycles. The van der Waals surface area contributed by atoms with Crippen LogP contribution in [0.15, 0.2) is 0 Å². The van der Waals surface area contributed by atoms with E-state index in [9.17, 15) is 43.9 Å². The molecule has 33 heavy (non-hydrogen) atoms. The van der Waals surface area contributed by atoms with E-state index in [1.807, 2.05) is 0 Å². The molecule has 3 rings (SSSR count). The summed E-state index contributed by atoms with van der Waals surface area (Å²) in [4.78, 5) is 0. The van der Waals surface area contributed by atoms with Crippen molar-refractivity contribution in [3.8, 4) is 0 Å². The fourth-order valence-electron chi connectivity index (χ4n) is 5.41. The second-order valence-corrected chi connectivity index (χ2v) is 9.82. The van der Waals surface area contributed by atoms with Crippen LogP contribution in [-0.2, 0) is 9.47 Å². The molecule has 0 radical (unpaired) electrons. The first-order valence-electron chi connectivity index (χ1n) is 10.8. The minimum atomic E-state index is -5.10. The van der Waals surface area contributed by atoms with Crippen molar-refractivity contribution in [1.82, 2.24) is 0 Å². The lowest BCUT2D eigenvalue weighted by atomic mass is 9.68. The Bertz CT molecular complexity index is 629. The normalized spacial score (nSPS) is 45.7. The first-order valence-corrected chi connectivity index (χ1v) is 11.3. The summed E-state index contributed by atoms with van der Waals surface area (Å²) in [5, 5.41) is -0.765. The molecule has 3 aliphatic carbocycles. The SMILES string of the molecule is FC1CC(Cl)CC(F)C1C1CC(F)C(C(F)(F)OC2CCC(OC(F)(F)F)[C@H](F)C2)C(F)C1. The summed E-state index contributed by atoms with van der Waals surface area (Å²) in [6.07, 6.45) is -27.4. The molecule has 3 saturated carbocycles. The molecule has 3 fully saturated rings. The van der Waals surface area contributed by atoms with Crippen LogP contribution in [0.2, 0.25) is 0 Å². The molecule has 2 nitrogen and oxygen atoms in total. The molecule has 13 heteroatoms. The quantitative estimate of drug-likeness (QED) is 0.292. The number of ether oxygens (including phenoxy) is 2. The number of alkyl halides is 11. The zero-order valence-electron chi connectivity index (χ0n) is 17.3. The Kier molecular flexibility index (Phi) is 8.41. The van der Waals surface area contributed by atoms with Crippen molar-refractivity contribution < 1.29 is 53.4 Å². The van der Waals surface area contributed by atoms with E-state index in [0.29, 0.717) is 0 Å². The minimum Gasteiger partial charge on any atom is -0.317 e. The topological polar surface area (TPSA) is 18.5 Å². The van der Waals surface area contributed by atoms with Gasteiger partial charge in [0.1, 0.15) is 36.8 Å². The van der Waals surface area contributed by atoms with Gasteiger partial charge in [0.2, 0.25) is 0 Å². The van der Waals surface area contributed by atoms with E-state index < -0.39 is 111 Å². The Morgan fingerprint density at radius 1 is 0.636 bits per heavy atom. The maximum atomic E-state index is 14.7. The molecule has 0 aliphatic heterocycles. The van der Waals surface area contributed by atoms with E-state index in [-0.39, 0.29) is 12.8 Å². The van der Waals surface area contributed by atoms with Crippen LogP contribution in [-0.4, -0.2) is 60.9 Å². The van der Waals surface area contributed by atoms with Gasteiger partial charge in [0.25, 0.3) is 0 Å². The van der Waals surface area contributed by atoms with Crippen LogP contribution in [0.3, 0.4) is 0 Å². The summed E-state index contributed by atoms with van der Waals surface area (Å²) < 4.78 is 146. The number of rotatable bonds is 5. The highest BCUT2D eigenvalue weighted by molar-refractivity contribution is 6.20. The molecule has 3 aliphatic rings. The van der Waals surface area contributed by atoms with Crippen LogP contribution in [0.4, 0.5) is 43.9 Å². The molecular weight excluding hydrogens is 498 g/mol. The average Bonchev–Trinajstić information content (AvgIpc) is 2.61. The third kappa shape index (κ3) is 6.59. The van der Waals surface area contributed by atoms with Crippen LogP contribution in [0, 0.1) is 17.8 Å². The van der Waals surface area contributed by atoms with Crippen LogP contribution < -0.4 is 0 Å². The average molecular weight is 523 g/mol. The molecular formula is C20H25ClF10O2. The molecule has 0 bridgehead atoms. The summed E-state index contributed by atoms with van der Waals surface area (Å²) in [6.45, 7) is 0. The van der Waals surface area contributed by atoms with Crippen molar-refractivity contribution in [2.45, 2.75) is 106 Å². The fourth-order valence-corrected chi connectivity index (χ4v) is 5.75. The van der Waals surface area contributed by atoms with Gasteiger partial charge in [0, 0.05) is 17.7 Å². The summed E-state index contributed by atoms with van der Waals surface area (Å²) >= 11 is 5.76. The summed E-state index contributed by atoms with van der Waals surface area (Å²) in [5.74, 6) is -5.10. The van der Waals surface area contributed by atoms with Crippen molar-refractivity contribution >= 4 is 11.6 Å². The van der Waals surface area contributed by atoms with E-state index >= 15 is 0 Å². The second kappa shape index (κ2) is 10.2. The summed E-state index contributed by atoms with van der Waals surface area (Å²) in [7, 11) is 0. The molecule has 6 unspecified atom stereocenters. The van der Waals surface area contributed by atoms with Crippen molar-refractivity contribution in [2.75, 3.05) is 0 Å². The van der Waals surface area contributed by atoms with Gasteiger partial charge in [-0.2, -0.15) is 8.78 Å². The molecule has 7 atom stereocenters. The van der Waals surface area contributed by atoms with Gasteiger partial charge in [-0.1, -0.05) is 0 Å². The molecule has 0 saturated heterocycles. The van der Waals surface area contributed by atoms with Gasteiger partial charge < -0.3 is 4.74 Å². The maximum absolute atomic E-state index is 14.7. The molecule has 0 heterocycles. The van der Waals surface area contributed by atoms with Gasteiger partial charge in [-0.3, -0.25) is 4.74 Å². The third-order valence-electron chi connectivity index (χ3n) is 6.84. The highest BCUT2D eigenvalue weighted by Gasteiger charge is 2.58. The Balaban J connectivity index is 1.60. The highest BCUT2D eigenvalue weighted by atomic mass is 35.5. The lowest BCUT2D eigenvalue weighted by Crippen LogP contribution is -2.53. The Labute approximate surface area is 189 Å². The van der Waals surface area contributed by atoms with Crippen molar-refractivity contribution in [3.05, 3.63) is 0 Å². The van der Waals surface area contributed by atoms with Gasteiger partial charge in [-0.05, 0) is 44.4 Å². The van der Waals surface area contributed by atoms with Gasteiger partial charge in [-0.15, -0.1) is 24.8 Å².